The molecule has 0 radical (unpaired) electrons. The standard InChI is InChI=1S/C8H10BrFN2O/c9-4-1-2-5(11)8(13)7(4)6(12)3-10/h1-2,6,13H,3,11-12H2/t6-/m0/s1. The summed E-state index contributed by atoms with van der Waals surface area (Å²) in [7, 11) is 0. The summed E-state index contributed by atoms with van der Waals surface area (Å²) in [6, 6.07) is 2.30. The van der Waals surface area contributed by atoms with Crippen molar-refractivity contribution in [2.45, 2.75) is 6.04 Å². The lowest BCUT2D eigenvalue weighted by Gasteiger charge is -2.13. The van der Waals surface area contributed by atoms with Crippen molar-refractivity contribution in [3.05, 3.63) is 22.2 Å². The Kier molecular flexibility index (Phi) is 3.11. The van der Waals surface area contributed by atoms with Gasteiger partial charge in [0.25, 0.3) is 0 Å². The molecule has 0 amide bonds. The zero-order chi connectivity index (χ0) is 10.0. The normalized spacial score (nSPS) is 12.8. The number of hydrogen-bond donors (Lipinski definition) is 3. The maximum absolute atomic E-state index is 12.3. The molecule has 3 nitrogen and oxygen atoms in total. The lowest BCUT2D eigenvalue weighted by Crippen LogP contribution is -2.13. The topological polar surface area (TPSA) is 72.3 Å². The van der Waals surface area contributed by atoms with Crippen LogP contribution < -0.4 is 11.5 Å². The van der Waals surface area contributed by atoms with Crippen LogP contribution in [0.1, 0.15) is 11.6 Å². The molecule has 1 aromatic carbocycles. The maximum atomic E-state index is 12.3. The lowest BCUT2D eigenvalue weighted by molar-refractivity contribution is 0.414. The number of nitrogens with two attached hydrogens (primary N) is 2. The minimum atomic E-state index is -0.849. The van der Waals surface area contributed by atoms with Gasteiger partial charge in [-0.1, -0.05) is 15.9 Å². The second kappa shape index (κ2) is 3.93. The molecule has 0 bridgehead atoms. The molecule has 13 heavy (non-hydrogen) atoms. The van der Waals surface area contributed by atoms with Crippen molar-refractivity contribution in [3.63, 3.8) is 0 Å². The molecule has 0 aliphatic heterocycles. The maximum Gasteiger partial charge on any atom is 0.144 e. The molecule has 0 fully saturated rings. The van der Waals surface area contributed by atoms with Crippen molar-refractivity contribution < 1.29 is 9.50 Å². The number of anilines is 1. The molecule has 1 atom stereocenters. The summed E-state index contributed by atoms with van der Waals surface area (Å²) in [5, 5.41) is 9.48. The van der Waals surface area contributed by atoms with Crippen LogP contribution in [0.2, 0.25) is 0 Å². The van der Waals surface area contributed by atoms with Gasteiger partial charge in [0.05, 0.1) is 11.7 Å². The first-order chi connectivity index (χ1) is 6.07. The summed E-state index contributed by atoms with van der Waals surface area (Å²) >= 11 is 3.16. The fourth-order valence-corrected chi connectivity index (χ4v) is 1.64. The smallest absolute Gasteiger partial charge is 0.144 e. The number of hydrogen-bond acceptors (Lipinski definition) is 3. The summed E-state index contributed by atoms with van der Waals surface area (Å²) in [5.74, 6) is -0.153. The second-order valence-corrected chi connectivity index (χ2v) is 3.51. The Balaban J connectivity index is 3.25. The van der Waals surface area contributed by atoms with Gasteiger partial charge in [-0.05, 0) is 12.1 Å². The fourth-order valence-electron chi connectivity index (χ4n) is 1.03. The van der Waals surface area contributed by atoms with Crippen LogP contribution in [0.5, 0.6) is 5.75 Å². The van der Waals surface area contributed by atoms with Gasteiger partial charge in [0.15, 0.2) is 0 Å². The van der Waals surface area contributed by atoms with Crippen molar-refractivity contribution in [2.75, 3.05) is 12.4 Å². The van der Waals surface area contributed by atoms with E-state index in [2.05, 4.69) is 15.9 Å². The second-order valence-electron chi connectivity index (χ2n) is 2.66. The highest BCUT2D eigenvalue weighted by Gasteiger charge is 2.16. The van der Waals surface area contributed by atoms with E-state index in [1.807, 2.05) is 0 Å². The predicted octanol–water partition coefficient (Wildman–Crippen LogP) is 1.71. The molecule has 0 aliphatic carbocycles. The number of phenols is 1. The fraction of sp³-hybridized carbons (Fsp3) is 0.250. The number of rotatable bonds is 2. The molecule has 0 spiro atoms. The van der Waals surface area contributed by atoms with E-state index in [0.29, 0.717) is 10.0 Å². The average molecular weight is 249 g/mol. The molecule has 0 saturated carbocycles. The van der Waals surface area contributed by atoms with Crippen molar-refractivity contribution in [3.8, 4) is 5.75 Å². The first kappa shape index (κ1) is 10.3. The van der Waals surface area contributed by atoms with Gasteiger partial charge in [-0.15, -0.1) is 0 Å². The largest absolute Gasteiger partial charge is 0.505 e. The Bertz CT molecular complexity index is 319. The zero-order valence-electron chi connectivity index (χ0n) is 6.80. The number of nitrogen functional groups attached to an aromatic ring is 1. The summed E-state index contributed by atoms with van der Waals surface area (Å²) in [6.07, 6.45) is 0. The number of phenolic OH excluding ortho intramolecular Hbond substituents is 1. The average Bonchev–Trinajstić information content (AvgIpc) is 2.12. The quantitative estimate of drug-likeness (QED) is 0.551. The van der Waals surface area contributed by atoms with E-state index < -0.39 is 12.7 Å². The van der Waals surface area contributed by atoms with Gasteiger partial charge < -0.3 is 16.6 Å². The molecule has 0 unspecified atom stereocenters. The van der Waals surface area contributed by atoms with Gasteiger partial charge in [-0.25, -0.2) is 4.39 Å². The Morgan fingerprint density at radius 3 is 2.69 bits per heavy atom. The van der Waals surface area contributed by atoms with Gasteiger partial charge in [-0.2, -0.15) is 0 Å². The van der Waals surface area contributed by atoms with Crippen molar-refractivity contribution in [1.82, 2.24) is 0 Å². The Morgan fingerprint density at radius 1 is 1.54 bits per heavy atom. The van der Waals surface area contributed by atoms with Gasteiger partial charge in [0, 0.05) is 10.0 Å². The summed E-state index contributed by atoms with van der Waals surface area (Å²) in [4.78, 5) is 0. The van der Waals surface area contributed by atoms with Crippen LogP contribution in [0.25, 0.3) is 0 Å². The predicted molar refractivity (Wildman–Crippen MR) is 53.1 cm³/mol. The summed E-state index contributed by atoms with van der Waals surface area (Å²) < 4.78 is 12.8. The SMILES string of the molecule is Nc1ccc(Br)c([C@@H](N)CF)c1O. The van der Waals surface area contributed by atoms with E-state index in [9.17, 15) is 9.50 Å². The van der Waals surface area contributed by atoms with E-state index in [-0.39, 0.29) is 11.4 Å². The van der Waals surface area contributed by atoms with Crippen molar-refractivity contribution >= 4 is 21.6 Å². The summed E-state index contributed by atoms with van der Waals surface area (Å²) in [5.41, 5.74) is 11.4. The minimum absolute atomic E-state index is 0.153. The number of aromatic hydroxyl groups is 1. The third-order valence-electron chi connectivity index (χ3n) is 1.73. The van der Waals surface area contributed by atoms with Gasteiger partial charge >= 0.3 is 0 Å². The highest BCUT2D eigenvalue weighted by Crippen LogP contribution is 2.35. The molecule has 72 valence electrons. The van der Waals surface area contributed by atoms with Gasteiger partial charge in [-0.3, -0.25) is 0 Å². The minimum Gasteiger partial charge on any atom is -0.505 e. The van der Waals surface area contributed by atoms with Crippen LogP contribution in [0, 0.1) is 0 Å². The monoisotopic (exact) mass is 248 g/mol. The number of benzene rings is 1. The van der Waals surface area contributed by atoms with E-state index in [4.69, 9.17) is 11.5 Å². The molecule has 0 aliphatic rings. The van der Waals surface area contributed by atoms with Crippen molar-refractivity contribution in [2.24, 2.45) is 5.73 Å². The van der Waals surface area contributed by atoms with E-state index >= 15 is 0 Å². The Hall–Kier alpha value is -0.810. The molecule has 5 N–H and O–H groups in total. The van der Waals surface area contributed by atoms with Crippen LogP contribution in [0.3, 0.4) is 0 Å². The highest BCUT2D eigenvalue weighted by molar-refractivity contribution is 9.10. The number of halogens is 2. The highest BCUT2D eigenvalue weighted by atomic mass is 79.9. The zero-order valence-corrected chi connectivity index (χ0v) is 8.38. The summed E-state index contributed by atoms with van der Waals surface area (Å²) in [6.45, 7) is -0.740. The molecule has 1 rings (SSSR count). The van der Waals surface area contributed by atoms with Gasteiger partial charge in [0.1, 0.15) is 12.4 Å². The first-order valence-corrected chi connectivity index (χ1v) is 4.45. The van der Waals surface area contributed by atoms with E-state index in [1.165, 1.54) is 6.07 Å². The van der Waals surface area contributed by atoms with E-state index in [1.54, 1.807) is 6.07 Å². The van der Waals surface area contributed by atoms with Crippen LogP contribution in [-0.2, 0) is 0 Å². The Morgan fingerprint density at radius 2 is 2.15 bits per heavy atom. The van der Waals surface area contributed by atoms with Crippen molar-refractivity contribution in [1.29, 1.82) is 0 Å². The Labute approximate surface area is 83.7 Å². The molecule has 0 heterocycles. The lowest BCUT2D eigenvalue weighted by atomic mass is 10.1. The molecule has 0 aromatic heterocycles. The van der Waals surface area contributed by atoms with Crippen LogP contribution >= 0.6 is 15.9 Å². The van der Waals surface area contributed by atoms with Crippen LogP contribution in [-0.4, -0.2) is 11.8 Å². The molecular formula is C8H10BrFN2O. The molecule has 1 aromatic rings. The third-order valence-corrected chi connectivity index (χ3v) is 2.42. The number of alkyl halides is 1. The molecule has 0 saturated heterocycles. The van der Waals surface area contributed by atoms with E-state index in [0.717, 1.165) is 0 Å². The van der Waals surface area contributed by atoms with Crippen LogP contribution in [0.4, 0.5) is 10.1 Å². The van der Waals surface area contributed by atoms with Crippen LogP contribution in [0.15, 0.2) is 16.6 Å². The van der Waals surface area contributed by atoms with Gasteiger partial charge in [0.2, 0.25) is 0 Å². The molecular weight excluding hydrogens is 239 g/mol. The molecule has 5 heteroatoms. The third kappa shape index (κ3) is 1.92. The first-order valence-electron chi connectivity index (χ1n) is 3.66.